The van der Waals surface area contributed by atoms with Gasteiger partial charge < -0.3 is 0 Å². The summed E-state index contributed by atoms with van der Waals surface area (Å²) in [6, 6.07) is 0. The summed E-state index contributed by atoms with van der Waals surface area (Å²) in [5, 5.41) is 0. The summed E-state index contributed by atoms with van der Waals surface area (Å²) in [5.41, 5.74) is 3.20. The fourth-order valence-corrected chi connectivity index (χ4v) is 1.19. The predicted molar refractivity (Wildman–Crippen MR) is 52.6 cm³/mol. The van der Waals surface area contributed by atoms with Gasteiger partial charge in [-0.05, 0) is 32.6 Å². The lowest BCUT2D eigenvalue weighted by Crippen LogP contribution is -2.12. The quantitative estimate of drug-likeness (QED) is 0.537. The molecule has 0 aromatic heterocycles. The van der Waals surface area contributed by atoms with E-state index in [9.17, 15) is 0 Å². The van der Waals surface area contributed by atoms with Crippen LogP contribution in [0.25, 0.3) is 0 Å². The largest absolute Gasteiger partial charge is 0.103 e. The van der Waals surface area contributed by atoms with Crippen molar-refractivity contribution in [2.75, 3.05) is 0 Å². The van der Waals surface area contributed by atoms with E-state index in [4.69, 9.17) is 0 Å². The van der Waals surface area contributed by atoms with Gasteiger partial charge in [0.05, 0.1) is 0 Å². The Morgan fingerprint density at radius 1 is 1.27 bits per heavy atom. The Morgan fingerprint density at radius 3 is 2.00 bits per heavy atom. The van der Waals surface area contributed by atoms with E-state index in [0.717, 1.165) is 6.42 Å². The fourth-order valence-electron chi connectivity index (χ4n) is 1.19. The average molecular weight is 152 g/mol. The van der Waals surface area contributed by atoms with Crippen molar-refractivity contribution in [2.45, 2.75) is 41.0 Å². The molecule has 0 aromatic rings. The van der Waals surface area contributed by atoms with E-state index in [-0.39, 0.29) is 0 Å². The lowest BCUT2D eigenvalue weighted by molar-refractivity contribution is 0.449. The molecule has 0 amide bonds. The molecule has 0 fully saturated rings. The summed E-state index contributed by atoms with van der Waals surface area (Å²) in [6.07, 6.45) is 3.05. The Labute approximate surface area is 71.0 Å². The summed E-state index contributed by atoms with van der Waals surface area (Å²) in [4.78, 5) is 0. The van der Waals surface area contributed by atoms with E-state index in [2.05, 4.69) is 41.2 Å². The maximum absolute atomic E-state index is 3.77. The molecule has 0 saturated heterocycles. The van der Waals surface area contributed by atoms with Crippen LogP contribution in [0.1, 0.15) is 41.0 Å². The van der Waals surface area contributed by atoms with Crippen molar-refractivity contribution in [2.24, 2.45) is 5.41 Å². The third-order valence-electron chi connectivity index (χ3n) is 2.42. The summed E-state index contributed by atoms with van der Waals surface area (Å²) < 4.78 is 0. The molecular formula is C11H20. The molecule has 0 heteroatoms. The van der Waals surface area contributed by atoms with Crippen molar-refractivity contribution in [1.29, 1.82) is 0 Å². The highest BCUT2D eigenvalue weighted by molar-refractivity contribution is 5.16. The Morgan fingerprint density at radius 2 is 1.73 bits per heavy atom. The first kappa shape index (κ1) is 10.5. The van der Waals surface area contributed by atoms with Gasteiger partial charge in [0.2, 0.25) is 0 Å². The number of rotatable bonds is 3. The van der Waals surface area contributed by atoms with Gasteiger partial charge in [-0.2, -0.15) is 0 Å². The molecule has 0 aliphatic heterocycles. The molecule has 64 valence electrons. The van der Waals surface area contributed by atoms with Crippen molar-refractivity contribution < 1.29 is 0 Å². The number of hydrogen-bond acceptors (Lipinski definition) is 0. The van der Waals surface area contributed by atoms with Crippen LogP contribution >= 0.6 is 0 Å². The second-order valence-electron chi connectivity index (χ2n) is 4.00. The van der Waals surface area contributed by atoms with Gasteiger partial charge in [-0.3, -0.25) is 0 Å². The van der Waals surface area contributed by atoms with E-state index in [0.29, 0.717) is 5.41 Å². The Kier molecular flexibility index (Phi) is 3.57. The molecule has 0 rings (SSSR count). The van der Waals surface area contributed by atoms with Gasteiger partial charge in [-0.25, -0.2) is 0 Å². The standard InChI is InChI=1S/C11H20/c1-7-8-11(5,6)10(4)9(2)3/h7H,1,8H2,2-6H3. The minimum Gasteiger partial charge on any atom is -0.103 e. The summed E-state index contributed by atoms with van der Waals surface area (Å²) in [5.74, 6) is 0. The minimum absolute atomic E-state index is 0.292. The Balaban J connectivity index is 4.54. The van der Waals surface area contributed by atoms with Gasteiger partial charge in [-0.1, -0.05) is 31.1 Å². The van der Waals surface area contributed by atoms with E-state index in [1.54, 1.807) is 0 Å². The molecule has 0 atom stereocenters. The maximum Gasteiger partial charge on any atom is -0.0111 e. The fraction of sp³-hybridized carbons (Fsp3) is 0.636. The first-order valence-electron chi connectivity index (χ1n) is 4.17. The molecule has 0 N–H and O–H groups in total. The van der Waals surface area contributed by atoms with E-state index >= 15 is 0 Å². The first-order chi connectivity index (χ1) is 4.91. The number of hydrogen-bond donors (Lipinski definition) is 0. The highest BCUT2D eigenvalue weighted by Crippen LogP contribution is 2.31. The molecule has 0 radical (unpaired) electrons. The lowest BCUT2D eigenvalue weighted by atomic mass is 9.80. The third kappa shape index (κ3) is 2.92. The summed E-state index contributed by atoms with van der Waals surface area (Å²) >= 11 is 0. The lowest BCUT2D eigenvalue weighted by Gasteiger charge is -2.25. The predicted octanol–water partition coefficient (Wildman–Crippen LogP) is 3.95. The molecule has 0 bridgehead atoms. The monoisotopic (exact) mass is 152 g/mol. The molecule has 0 saturated carbocycles. The Hall–Kier alpha value is -0.520. The van der Waals surface area contributed by atoms with Crippen LogP contribution in [0.4, 0.5) is 0 Å². The molecule has 0 aliphatic carbocycles. The van der Waals surface area contributed by atoms with Crippen molar-refractivity contribution in [3.8, 4) is 0 Å². The van der Waals surface area contributed by atoms with E-state index < -0.39 is 0 Å². The van der Waals surface area contributed by atoms with Gasteiger partial charge in [0.15, 0.2) is 0 Å². The van der Waals surface area contributed by atoms with Gasteiger partial charge in [0.25, 0.3) is 0 Å². The molecule has 0 aromatic carbocycles. The molecule has 0 aliphatic rings. The Bertz CT molecular complexity index is 166. The van der Waals surface area contributed by atoms with Crippen LogP contribution in [-0.4, -0.2) is 0 Å². The minimum atomic E-state index is 0.292. The maximum atomic E-state index is 3.77. The third-order valence-corrected chi connectivity index (χ3v) is 2.42. The molecule has 0 heterocycles. The summed E-state index contributed by atoms with van der Waals surface area (Å²) in [6.45, 7) is 14.8. The van der Waals surface area contributed by atoms with Crippen LogP contribution in [0.5, 0.6) is 0 Å². The molecule has 0 unspecified atom stereocenters. The van der Waals surface area contributed by atoms with Gasteiger partial charge in [0, 0.05) is 0 Å². The van der Waals surface area contributed by atoms with E-state index in [1.165, 1.54) is 11.1 Å². The molecule has 0 spiro atoms. The first-order valence-corrected chi connectivity index (χ1v) is 4.17. The number of allylic oxidation sites excluding steroid dienone is 3. The molecule has 11 heavy (non-hydrogen) atoms. The van der Waals surface area contributed by atoms with Crippen LogP contribution in [0, 0.1) is 5.41 Å². The molecular weight excluding hydrogens is 132 g/mol. The zero-order valence-electron chi connectivity index (χ0n) is 8.49. The summed E-state index contributed by atoms with van der Waals surface area (Å²) in [7, 11) is 0. The van der Waals surface area contributed by atoms with Crippen molar-refractivity contribution >= 4 is 0 Å². The topological polar surface area (TPSA) is 0 Å². The molecule has 0 nitrogen and oxygen atoms in total. The smallest absolute Gasteiger partial charge is 0.0111 e. The van der Waals surface area contributed by atoms with Crippen LogP contribution < -0.4 is 0 Å². The van der Waals surface area contributed by atoms with Gasteiger partial charge >= 0.3 is 0 Å². The van der Waals surface area contributed by atoms with Crippen LogP contribution in [-0.2, 0) is 0 Å². The van der Waals surface area contributed by atoms with Crippen molar-refractivity contribution in [3.63, 3.8) is 0 Å². The second kappa shape index (κ2) is 3.75. The zero-order valence-corrected chi connectivity index (χ0v) is 8.49. The highest BCUT2D eigenvalue weighted by atomic mass is 14.2. The van der Waals surface area contributed by atoms with Crippen molar-refractivity contribution in [1.82, 2.24) is 0 Å². The normalized spacial score (nSPS) is 11.0. The second-order valence-corrected chi connectivity index (χ2v) is 4.00. The van der Waals surface area contributed by atoms with Gasteiger partial charge in [-0.15, -0.1) is 6.58 Å². The van der Waals surface area contributed by atoms with E-state index in [1.807, 2.05) is 6.08 Å². The highest BCUT2D eigenvalue weighted by Gasteiger charge is 2.18. The van der Waals surface area contributed by atoms with Crippen LogP contribution in [0.15, 0.2) is 23.8 Å². The SMILES string of the molecule is C=CCC(C)(C)C(C)=C(C)C. The van der Waals surface area contributed by atoms with Crippen LogP contribution in [0.3, 0.4) is 0 Å². The average Bonchev–Trinajstić information content (AvgIpc) is 1.86. The van der Waals surface area contributed by atoms with Crippen LogP contribution in [0.2, 0.25) is 0 Å². The van der Waals surface area contributed by atoms with Crippen molar-refractivity contribution in [3.05, 3.63) is 23.8 Å². The zero-order chi connectivity index (χ0) is 9.07. The van der Waals surface area contributed by atoms with Gasteiger partial charge in [0.1, 0.15) is 0 Å².